The van der Waals surface area contributed by atoms with Crippen molar-refractivity contribution in [3.8, 4) is 0 Å². The standard InChI is InChI=1S/C26H32F5N5O4/c1-15(12-21(37)36(10-8-32)11-9-33)24(39)35-22(23(38)17-3-5-18(6-4-17)26(29,30)31)25(40)34-14-16-2-7-19(27)20(28)13-16/h2-7,13,15,22-23,38H,8-12,14,32-33H2,1H3,(H,34,40)(H,35,39). The number of aliphatic hydroxyl groups is 1. The van der Waals surface area contributed by atoms with Crippen molar-refractivity contribution in [2.75, 3.05) is 26.2 Å². The van der Waals surface area contributed by atoms with Crippen LogP contribution < -0.4 is 22.1 Å². The van der Waals surface area contributed by atoms with E-state index in [0.717, 1.165) is 24.3 Å². The second-order valence-electron chi connectivity index (χ2n) is 9.08. The van der Waals surface area contributed by atoms with Crippen molar-refractivity contribution in [2.24, 2.45) is 17.4 Å². The van der Waals surface area contributed by atoms with E-state index in [1.54, 1.807) is 0 Å². The van der Waals surface area contributed by atoms with Crippen molar-refractivity contribution in [2.45, 2.75) is 38.2 Å². The fourth-order valence-corrected chi connectivity index (χ4v) is 3.75. The normalized spacial score (nSPS) is 13.7. The highest BCUT2D eigenvalue weighted by Crippen LogP contribution is 2.30. The van der Waals surface area contributed by atoms with Crippen molar-refractivity contribution >= 4 is 17.7 Å². The number of halogens is 5. The number of carbonyl (C=O) groups excluding carboxylic acids is 3. The largest absolute Gasteiger partial charge is 0.416 e. The van der Waals surface area contributed by atoms with Gasteiger partial charge in [0.2, 0.25) is 17.7 Å². The maximum Gasteiger partial charge on any atom is 0.416 e. The van der Waals surface area contributed by atoms with Crippen LogP contribution in [-0.2, 0) is 27.1 Å². The molecule has 0 aliphatic heterocycles. The van der Waals surface area contributed by atoms with Crippen LogP contribution in [0.4, 0.5) is 22.0 Å². The summed E-state index contributed by atoms with van der Waals surface area (Å²) >= 11 is 0. The molecule has 2 aromatic carbocycles. The molecule has 0 saturated heterocycles. The van der Waals surface area contributed by atoms with Crippen LogP contribution in [0.3, 0.4) is 0 Å². The van der Waals surface area contributed by atoms with Gasteiger partial charge in [0.25, 0.3) is 0 Å². The molecule has 0 spiro atoms. The van der Waals surface area contributed by atoms with Crippen molar-refractivity contribution in [3.63, 3.8) is 0 Å². The van der Waals surface area contributed by atoms with Crippen LogP contribution >= 0.6 is 0 Å². The van der Waals surface area contributed by atoms with Gasteiger partial charge in [0, 0.05) is 45.1 Å². The molecule has 40 heavy (non-hydrogen) atoms. The molecule has 9 nitrogen and oxygen atoms in total. The molecule has 14 heteroatoms. The van der Waals surface area contributed by atoms with E-state index in [0.29, 0.717) is 12.1 Å². The highest BCUT2D eigenvalue weighted by Gasteiger charge is 2.34. The van der Waals surface area contributed by atoms with Gasteiger partial charge in [-0.1, -0.05) is 25.1 Å². The third-order valence-electron chi connectivity index (χ3n) is 6.01. The Balaban J connectivity index is 2.23. The van der Waals surface area contributed by atoms with E-state index in [1.165, 1.54) is 17.9 Å². The lowest BCUT2D eigenvalue weighted by Gasteiger charge is -2.26. The van der Waals surface area contributed by atoms with Crippen molar-refractivity contribution in [1.29, 1.82) is 0 Å². The number of amides is 3. The Kier molecular flexibility index (Phi) is 12.0. The number of nitrogens with one attached hydrogen (secondary N) is 2. The lowest BCUT2D eigenvalue weighted by Crippen LogP contribution is -2.51. The summed E-state index contributed by atoms with van der Waals surface area (Å²) in [6.07, 6.45) is -6.71. The molecule has 0 aromatic heterocycles. The van der Waals surface area contributed by atoms with Gasteiger partial charge >= 0.3 is 6.18 Å². The number of hydrogen-bond acceptors (Lipinski definition) is 6. The number of nitrogens with zero attached hydrogens (tertiary/aromatic N) is 1. The molecule has 2 rings (SSSR count). The Morgan fingerprint density at radius 2 is 1.55 bits per heavy atom. The van der Waals surface area contributed by atoms with Crippen molar-refractivity contribution in [1.82, 2.24) is 15.5 Å². The third-order valence-corrected chi connectivity index (χ3v) is 6.01. The summed E-state index contributed by atoms with van der Waals surface area (Å²) in [5.41, 5.74) is 10.1. The van der Waals surface area contributed by atoms with Crippen LogP contribution in [0, 0.1) is 17.6 Å². The van der Waals surface area contributed by atoms with Crippen molar-refractivity contribution < 1.29 is 41.4 Å². The maximum atomic E-state index is 13.5. The maximum absolute atomic E-state index is 13.5. The summed E-state index contributed by atoms with van der Waals surface area (Å²) < 4.78 is 65.6. The molecule has 0 radical (unpaired) electrons. The van der Waals surface area contributed by atoms with Crippen molar-refractivity contribution in [3.05, 3.63) is 70.8 Å². The molecule has 7 N–H and O–H groups in total. The van der Waals surface area contributed by atoms with Crippen LogP contribution in [0.25, 0.3) is 0 Å². The predicted molar refractivity (Wildman–Crippen MR) is 135 cm³/mol. The third kappa shape index (κ3) is 9.24. The molecule has 3 unspecified atom stereocenters. The zero-order valence-corrected chi connectivity index (χ0v) is 21.7. The molecule has 2 aromatic rings. The molecular formula is C26H32F5N5O4. The number of rotatable bonds is 13. The van der Waals surface area contributed by atoms with Gasteiger partial charge in [-0.05, 0) is 35.4 Å². The highest BCUT2D eigenvalue weighted by molar-refractivity contribution is 5.91. The molecule has 0 aliphatic rings. The van der Waals surface area contributed by atoms with E-state index in [2.05, 4.69) is 10.6 Å². The van der Waals surface area contributed by atoms with Crippen LogP contribution in [0.15, 0.2) is 42.5 Å². The average molecular weight is 574 g/mol. The number of aliphatic hydroxyl groups excluding tert-OH is 1. The summed E-state index contributed by atoms with van der Waals surface area (Å²) in [5.74, 6) is -5.41. The van der Waals surface area contributed by atoms with E-state index in [9.17, 15) is 41.4 Å². The summed E-state index contributed by atoms with van der Waals surface area (Å²) in [5, 5.41) is 15.6. The smallest absolute Gasteiger partial charge is 0.386 e. The number of carbonyl (C=O) groups is 3. The monoisotopic (exact) mass is 573 g/mol. The fraction of sp³-hybridized carbons (Fsp3) is 0.423. The van der Waals surface area contributed by atoms with Crippen LogP contribution in [-0.4, -0.2) is 59.9 Å². The van der Waals surface area contributed by atoms with E-state index in [1.807, 2.05) is 0 Å². The molecule has 0 bridgehead atoms. The topological polar surface area (TPSA) is 151 Å². The Bertz CT molecular complexity index is 1160. The summed E-state index contributed by atoms with van der Waals surface area (Å²) in [6, 6.07) is 4.53. The Hall–Kier alpha value is -3.62. The first-order valence-corrected chi connectivity index (χ1v) is 12.3. The van der Waals surface area contributed by atoms with Gasteiger partial charge in [-0.3, -0.25) is 14.4 Å². The lowest BCUT2D eigenvalue weighted by atomic mass is 9.98. The predicted octanol–water partition coefficient (Wildman–Crippen LogP) is 1.59. The minimum Gasteiger partial charge on any atom is -0.386 e. The molecule has 3 atom stereocenters. The Morgan fingerprint density at radius 1 is 0.950 bits per heavy atom. The first kappa shape index (κ1) is 32.6. The van der Waals surface area contributed by atoms with E-state index in [-0.39, 0.29) is 50.3 Å². The lowest BCUT2D eigenvalue weighted by molar-refractivity contribution is -0.138. The van der Waals surface area contributed by atoms with E-state index >= 15 is 0 Å². The molecule has 0 heterocycles. The second-order valence-corrected chi connectivity index (χ2v) is 9.08. The number of alkyl halides is 3. The van der Waals surface area contributed by atoms with Gasteiger partial charge in [0.1, 0.15) is 12.1 Å². The Labute approximate surface area is 227 Å². The fourth-order valence-electron chi connectivity index (χ4n) is 3.75. The first-order chi connectivity index (χ1) is 18.8. The van der Waals surface area contributed by atoms with Gasteiger partial charge < -0.3 is 32.1 Å². The van der Waals surface area contributed by atoms with Gasteiger partial charge in [0.15, 0.2) is 11.6 Å². The number of benzene rings is 2. The summed E-state index contributed by atoms with van der Waals surface area (Å²) in [7, 11) is 0. The molecule has 0 aliphatic carbocycles. The van der Waals surface area contributed by atoms with Gasteiger partial charge in [0.05, 0.1) is 5.56 Å². The van der Waals surface area contributed by atoms with Gasteiger partial charge in [-0.15, -0.1) is 0 Å². The minimum atomic E-state index is -4.64. The molecule has 3 amide bonds. The SMILES string of the molecule is CC(CC(=O)N(CCN)CCN)C(=O)NC(C(=O)NCc1ccc(F)c(F)c1)C(O)c1ccc(C(F)(F)F)cc1. The summed E-state index contributed by atoms with van der Waals surface area (Å²) in [4.78, 5) is 40.0. The number of nitrogens with two attached hydrogens (primary N) is 2. The minimum absolute atomic E-state index is 0.109. The highest BCUT2D eigenvalue weighted by atomic mass is 19.4. The van der Waals surface area contributed by atoms with Crippen LogP contribution in [0.1, 0.15) is 36.1 Å². The molecule has 0 saturated carbocycles. The zero-order chi connectivity index (χ0) is 30.0. The number of hydrogen-bond donors (Lipinski definition) is 5. The zero-order valence-electron chi connectivity index (χ0n) is 21.7. The molecule has 0 fully saturated rings. The van der Waals surface area contributed by atoms with Crippen LogP contribution in [0.2, 0.25) is 0 Å². The first-order valence-electron chi connectivity index (χ1n) is 12.3. The van der Waals surface area contributed by atoms with Gasteiger partial charge in [-0.2, -0.15) is 13.2 Å². The van der Waals surface area contributed by atoms with Gasteiger partial charge in [-0.25, -0.2) is 8.78 Å². The summed E-state index contributed by atoms with van der Waals surface area (Å²) in [6.45, 7) is 1.87. The second kappa shape index (κ2) is 14.7. The average Bonchev–Trinajstić information content (AvgIpc) is 2.91. The Morgan fingerprint density at radius 3 is 2.08 bits per heavy atom. The molecular weight excluding hydrogens is 541 g/mol. The quantitative estimate of drug-likeness (QED) is 0.230. The molecule has 220 valence electrons. The van der Waals surface area contributed by atoms with Crippen LogP contribution in [0.5, 0.6) is 0 Å². The van der Waals surface area contributed by atoms with E-state index < -0.39 is 59.2 Å². The van der Waals surface area contributed by atoms with E-state index in [4.69, 9.17) is 11.5 Å².